The quantitative estimate of drug-likeness (QED) is 0.321. The third-order valence-electron chi connectivity index (χ3n) is 6.41. The van der Waals surface area contributed by atoms with E-state index in [4.69, 9.17) is 16.3 Å². The third-order valence-corrected chi connectivity index (χ3v) is 6.63. The van der Waals surface area contributed by atoms with E-state index >= 15 is 0 Å². The van der Waals surface area contributed by atoms with Crippen LogP contribution in [0.15, 0.2) is 54.6 Å². The molecule has 1 saturated heterocycles. The molecule has 42 heavy (non-hydrogen) atoms. The number of ether oxygens (including phenoxy) is 1. The van der Waals surface area contributed by atoms with Crippen molar-refractivity contribution in [2.75, 3.05) is 31.3 Å². The van der Waals surface area contributed by atoms with Crippen molar-refractivity contribution in [3.8, 4) is 0 Å². The molecule has 0 aliphatic carbocycles. The van der Waals surface area contributed by atoms with E-state index in [2.05, 4.69) is 5.32 Å². The molecule has 1 atom stereocenters. The molecule has 16 heteroatoms. The van der Waals surface area contributed by atoms with Crippen LogP contribution in [-0.4, -0.2) is 50.5 Å². The first-order chi connectivity index (χ1) is 19.4. The van der Waals surface area contributed by atoms with Crippen LogP contribution in [-0.2, 0) is 21.3 Å². The number of benzene rings is 3. The Morgan fingerprint density at radius 1 is 0.905 bits per heavy atom. The zero-order chi connectivity index (χ0) is 31.1. The van der Waals surface area contributed by atoms with Gasteiger partial charge in [-0.3, -0.25) is 9.59 Å². The molecule has 1 heterocycles. The number of hydrogen-bond donors (Lipinski definition) is 2. The van der Waals surface area contributed by atoms with E-state index in [0.29, 0.717) is 12.1 Å². The highest BCUT2D eigenvalue weighted by molar-refractivity contribution is 6.30. The van der Waals surface area contributed by atoms with Crippen LogP contribution in [0.2, 0.25) is 5.02 Å². The van der Waals surface area contributed by atoms with E-state index in [-0.39, 0.29) is 22.0 Å². The van der Waals surface area contributed by atoms with Gasteiger partial charge in [0.15, 0.2) is 0 Å². The highest BCUT2D eigenvalue weighted by atomic mass is 35.5. The summed E-state index contributed by atoms with van der Waals surface area (Å²) >= 11 is 5.76. The van der Waals surface area contributed by atoms with Gasteiger partial charge in [-0.15, -0.1) is 0 Å². The molecule has 0 radical (unpaired) electrons. The lowest BCUT2D eigenvalue weighted by Gasteiger charge is -2.31. The molecule has 0 spiro atoms. The number of alkyl halides is 9. The normalized spacial score (nSPS) is 17.9. The van der Waals surface area contributed by atoms with Gasteiger partial charge in [0.05, 0.1) is 18.7 Å². The molecular weight excluding hydrogens is 609 g/mol. The number of nitrogens with one attached hydrogen (secondary N) is 2. The van der Waals surface area contributed by atoms with Gasteiger partial charge in [-0.2, -0.15) is 39.5 Å². The number of carbonyl (C=O) groups excluding carboxylic acids is 2. The SMILES string of the molecule is O=C(CNC(=O)c1ccc(N2COC(c3cc(Cl)cc(C(F)(F)F)c3)(C(F)(F)F)C2)c2ccccc12)NCC(F)(F)F. The van der Waals surface area contributed by atoms with Crippen LogP contribution < -0.4 is 15.5 Å². The van der Waals surface area contributed by atoms with Gasteiger partial charge in [-0.25, -0.2) is 0 Å². The summed E-state index contributed by atoms with van der Waals surface area (Å²) in [6.45, 7) is -4.02. The lowest BCUT2D eigenvalue weighted by molar-refractivity contribution is -0.264. The second-order valence-corrected chi connectivity index (χ2v) is 9.71. The summed E-state index contributed by atoms with van der Waals surface area (Å²) in [5, 5.41) is 3.69. The maximum atomic E-state index is 14.5. The predicted octanol–water partition coefficient (Wildman–Crippen LogP) is 6.17. The Morgan fingerprint density at radius 2 is 1.57 bits per heavy atom. The van der Waals surface area contributed by atoms with E-state index in [0.717, 1.165) is 11.0 Å². The van der Waals surface area contributed by atoms with Crippen LogP contribution in [0.5, 0.6) is 0 Å². The first-order valence-electron chi connectivity index (χ1n) is 11.9. The van der Waals surface area contributed by atoms with Crippen molar-refractivity contribution < 1.29 is 53.8 Å². The van der Waals surface area contributed by atoms with Crippen molar-refractivity contribution in [2.45, 2.75) is 24.1 Å². The Bertz CT molecular complexity index is 1510. The van der Waals surface area contributed by atoms with Crippen LogP contribution in [0.1, 0.15) is 21.5 Å². The van der Waals surface area contributed by atoms with Gasteiger partial charge < -0.3 is 20.3 Å². The van der Waals surface area contributed by atoms with Crippen LogP contribution in [0.3, 0.4) is 0 Å². The molecule has 226 valence electrons. The van der Waals surface area contributed by atoms with Gasteiger partial charge in [0.2, 0.25) is 11.5 Å². The number of hydrogen-bond acceptors (Lipinski definition) is 4. The molecule has 4 rings (SSSR count). The maximum absolute atomic E-state index is 14.5. The predicted molar refractivity (Wildman–Crippen MR) is 133 cm³/mol. The molecule has 6 nitrogen and oxygen atoms in total. The second kappa shape index (κ2) is 11.2. The smallest absolute Gasteiger partial charge is 0.345 e. The number of fused-ring (bicyclic) bond motifs is 1. The van der Waals surface area contributed by atoms with Crippen molar-refractivity contribution in [1.29, 1.82) is 0 Å². The number of anilines is 1. The summed E-state index contributed by atoms with van der Waals surface area (Å²) in [7, 11) is 0. The van der Waals surface area contributed by atoms with Crippen molar-refractivity contribution in [1.82, 2.24) is 10.6 Å². The minimum Gasteiger partial charge on any atom is -0.345 e. The minimum absolute atomic E-state index is 0.0372. The van der Waals surface area contributed by atoms with Gasteiger partial charge in [0.1, 0.15) is 13.3 Å². The number of nitrogens with zero attached hydrogens (tertiary/aromatic N) is 1. The Morgan fingerprint density at radius 3 is 2.19 bits per heavy atom. The Hall–Kier alpha value is -3.72. The molecule has 2 amide bonds. The first kappa shape index (κ1) is 31.2. The van der Waals surface area contributed by atoms with Gasteiger partial charge in [-0.1, -0.05) is 35.9 Å². The van der Waals surface area contributed by atoms with Crippen LogP contribution >= 0.6 is 11.6 Å². The largest absolute Gasteiger partial charge is 0.423 e. The van der Waals surface area contributed by atoms with Crippen molar-refractivity contribution in [2.24, 2.45) is 0 Å². The molecule has 0 bridgehead atoms. The van der Waals surface area contributed by atoms with Gasteiger partial charge in [-0.05, 0) is 41.3 Å². The number of rotatable bonds is 6. The molecule has 3 aromatic rings. The Kier molecular flexibility index (Phi) is 8.30. The molecule has 3 aromatic carbocycles. The zero-order valence-electron chi connectivity index (χ0n) is 21.0. The molecule has 1 fully saturated rings. The van der Waals surface area contributed by atoms with Crippen molar-refractivity contribution >= 4 is 39.9 Å². The highest BCUT2D eigenvalue weighted by Gasteiger charge is 2.61. The fraction of sp³-hybridized carbons (Fsp3) is 0.308. The van der Waals surface area contributed by atoms with E-state index < -0.39 is 78.5 Å². The van der Waals surface area contributed by atoms with E-state index in [1.807, 2.05) is 0 Å². The van der Waals surface area contributed by atoms with E-state index in [9.17, 15) is 49.1 Å². The van der Waals surface area contributed by atoms with Gasteiger partial charge in [0, 0.05) is 21.7 Å². The molecule has 1 aliphatic rings. The fourth-order valence-corrected chi connectivity index (χ4v) is 4.71. The number of amides is 2. The maximum Gasteiger partial charge on any atom is 0.423 e. The topological polar surface area (TPSA) is 70.7 Å². The molecule has 1 aliphatic heterocycles. The van der Waals surface area contributed by atoms with E-state index in [1.165, 1.54) is 36.4 Å². The monoisotopic (exact) mass is 627 g/mol. The molecule has 1 unspecified atom stereocenters. The molecule has 2 N–H and O–H groups in total. The average molecular weight is 628 g/mol. The third kappa shape index (κ3) is 6.51. The number of carbonyl (C=O) groups is 2. The van der Waals surface area contributed by atoms with Crippen LogP contribution in [0.25, 0.3) is 10.8 Å². The minimum atomic E-state index is -5.17. The van der Waals surface area contributed by atoms with Crippen molar-refractivity contribution in [3.63, 3.8) is 0 Å². The van der Waals surface area contributed by atoms with E-state index in [1.54, 1.807) is 5.32 Å². The fourth-order valence-electron chi connectivity index (χ4n) is 4.47. The number of halogens is 10. The summed E-state index contributed by atoms with van der Waals surface area (Å²) < 4.78 is 126. The molecule has 0 aromatic heterocycles. The standard InChI is InChI=1S/C26H19ClF9N3O3/c27-16-8-14(7-15(9-16)25(31,32)33)23(26(34,35)36)12-39(13-42-23)20-6-5-19(17-3-1-2-4-18(17)20)22(41)37-10-21(40)38-11-24(28,29)30/h1-9H,10-13H2,(H,37,41)(H,38,40). The van der Waals surface area contributed by atoms with Crippen LogP contribution in [0.4, 0.5) is 45.2 Å². The second-order valence-electron chi connectivity index (χ2n) is 9.27. The van der Waals surface area contributed by atoms with Gasteiger partial charge >= 0.3 is 18.5 Å². The summed E-state index contributed by atoms with van der Waals surface area (Å²) in [5.41, 5.74) is -5.30. The highest BCUT2D eigenvalue weighted by Crippen LogP contribution is 2.49. The zero-order valence-corrected chi connectivity index (χ0v) is 21.7. The summed E-state index contributed by atoms with van der Waals surface area (Å²) in [5.74, 6) is -1.95. The summed E-state index contributed by atoms with van der Waals surface area (Å²) in [6, 6.07) is 10.1. The lowest BCUT2D eigenvalue weighted by Crippen LogP contribution is -2.46. The Balaban J connectivity index is 1.64. The van der Waals surface area contributed by atoms with Crippen molar-refractivity contribution in [3.05, 3.63) is 76.3 Å². The van der Waals surface area contributed by atoms with Crippen LogP contribution in [0, 0.1) is 0 Å². The Labute approximate surface area is 236 Å². The molecular formula is C26H19ClF9N3O3. The summed E-state index contributed by atoms with van der Waals surface area (Å²) in [6.07, 6.45) is -14.8. The molecule has 0 saturated carbocycles. The average Bonchev–Trinajstić information content (AvgIpc) is 3.36. The first-order valence-corrected chi connectivity index (χ1v) is 12.3. The lowest BCUT2D eigenvalue weighted by atomic mass is 9.91. The summed E-state index contributed by atoms with van der Waals surface area (Å²) in [4.78, 5) is 25.6. The van der Waals surface area contributed by atoms with Gasteiger partial charge in [0.25, 0.3) is 5.91 Å².